The Bertz CT molecular complexity index is 814. The maximum absolute atomic E-state index is 12.5. The summed E-state index contributed by atoms with van der Waals surface area (Å²) in [6.07, 6.45) is 1.06. The van der Waals surface area contributed by atoms with Crippen LogP contribution < -0.4 is 5.32 Å². The van der Waals surface area contributed by atoms with Crippen LogP contribution in [0.2, 0.25) is 0 Å². The molecule has 8 heteroatoms. The van der Waals surface area contributed by atoms with Crippen LogP contribution in [0.3, 0.4) is 0 Å². The van der Waals surface area contributed by atoms with E-state index in [4.69, 9.17) is 0 Å². The Labute approximate surface area is 153 Å². The van der Waals surface area contributed by atoms with Crippen LogP contribution in [0.15, 0.2) is 50.5 Å². The molecular formula is C16H17BrN2O3S2. The molecule has 0 spiro atoms. The van der Waals surface area contributed by atoms with Crippen molar-refractivity contribution < 1.29 is 13.2 Å². The molecule has 1 aliphatic heterocycles. The van der Waals surface area contributed by atoms with Gasteiger partial charge in [0, 0.05) is 29.2 Å². The molecule has 128 valence electrons. The summed E-state index contributed by atoms with van der Waals surface area (Å²) in [7, 11) is -3.42. The predicted octanol–water partition coefficient (Wildman–Crippen LogP) is 3.55. The molecule has 2 aromatic rings. The van der Waals surface area contributed by atoms with Crippen LogP contribution >= 0.6 is 27.3 Å². The second kappa shape index (κ2) is 7.35. The molecule has 0 aliphatic carbocycles. The van der Waals surface area contributed by atoms with E-state index in [0.717, 1.165) is 10.2 Å². The maximum Gasteiger partial charge on any atom is 0.252 e. The van der Waals surface area contributed by atoms with Crippen molar-refractivity contribution in [2.45, 2.75) is 17.1 Å². The third-order valence-electron chi connectivity index (χ3n) is 4.01. The van der Waals surface area contributed by atoms with Crippen molar-refractivity contribution in [2.75, 3.05) is 18.4 Å². The van der Waals surface area contributed by atoms with Gasteiger partial charge in [0.05, 0.1) is 0 Å². The molecule has 2 heterocycles. The number of benzene rings is 1. The first-order chi connectivity index (χ1) is 11.5. The van der Waals surface area contributed by atoms with E-state index in [1.807, 2.05) is 24.3 Å². The van der Waals surface area contributed by atoms with Crippen molar-refractivity contribution >= 4 is 48.9 Å². The maximum atomic E-state index is 12.5. The third-order valence-corrected chi connectivity index (χ3v) is 7.77. The van der Waals surface area contributed by atoms with E-state index in [-0.39, 0.29) is 11.8 Å². The lowest BCUT2D eigenvalue weighted by Gasteiger charge is -2.30. The van der Waals surface area contributed by atoms with Crippen molar-refractivity contribution in [3.8, 4) is 0 Å². The highest BCUT2D eigenvalue weighted by atomic mass is 79.9. The normalized spacial score (nSPS) is 16.9. The van der Waals surface area contributed by atoms with Gasteiger partial charge in [0.15, 0.2) is 0 Å². The third kappa shape index (κ3) is 3.88. The summed E-state index contributed by atoms with van der Waals surface area (Å²) in [5.41, 5.74) is 0.739. The zero-order valence-electron chi connectivity index (χ0n) is 12.8. The first-order valence-electron chi connectivity index (χ1n) is 7.57. The predicted molar refractivity (Wildman–Crippen MR) is 98.6 cm³/mol. The van der Waals surface area contributed by atoms with Crippen molar-refractivity contribution in [3.63, 3.8) is 0 Å². The number of amides is 1. The fourth-order valence-electron chi connectivity index (χ4n) is 2.71. The molecule has 1 saturated heterocycles. The molecule has 1 aliphatic rings. The molecule has 24 heavy (non-hydrogen) atoms. The molecule has 0 bridgehead atoms. The number of halogens is 1. The van der Waals surface area contributed by atoms with Crippen LogP contribution in [0.4, 0.5) is 5.69 Å². The molecule has 0 saturated carbocycles. The lowest BCUT2D eigenvalue weighted by atomic mass is 9.97. The van der Waals surface area contributed by atoms with E-state index in [0.29, 0.717) is 30.1 Å². The van der Waals surface area contributed by atoms with E-state index in [2.05, 4.69) is 21.2 Å². The molecule has 0 unspecified atom stereocenters. The van der Waals surface area contributed by atoms with Gasteiger partial charge in [-0.25, -0.2) is 8.42 Å². The average molecular weight is 429 g/mol. The van der Waals surface area contributed by atoms with Gasteiger partial charge >= 0.3 is 0 Å². The largest absolute Gasteiger partial charge is 0.326 e. The average Bonchev–Trinajstić information content (AvgIpc) is 3.10. The number of carbonyl (C=O) groups is 1. The van der Waals surface area contributed by atoms with Crippen LogP contribution in [-0.4, -0.2) is 31.7 Å². The Hall–Kier alpha value is -1.22. The number of hydrogen-bond donors (Lipinski definition) is 1. The summed E-state index contributed by atoms with van der Waals surface area (Å²) in [5, 5.41) is 4.65. The SMILES string of the molecule is O=C(Nc1cccc(Br)c1)C1CCN(S(=O)(=O)c2cccs2)CC1. The second-order valence-electron chi connectivity index (χ2n) is 5.61. The minimum Gasteiger partial charge on any atom is -0.326 e. The van der Waals surface area contributed by atoms with Gasteiger partial charge in [-0.2, -0.15) is 4.31 Å². The minimum absolute atomic E-state index is 0.0544. The molecule has 5 nitrogen and oxygen atoms in total. The second-order valence-corrected chi connectivity index (χ2v) is 9.64. The first kappa shape index (κ1) is 17.6. The Morgan fingerprint density at radius 2 is 1.96 bits per heavy atom. The molecule has 0 atom stereocenters. The smallest absolute Gasteiger partial charge is 0.252 e. The number of hydrogen-bond acceptors (Lipinski definition) is 4. The summed E-state index contributed by atoms with van der Waals surface area (Å²) in [4.78, 5) is 12.4. The number of carbonyl (C=O) groups excluding carboxylic acids is 1. The van der Waals surface area contributed by atoms with Crippen molar-refractivity contribution in [1.29, 1.82) is 0 Å². The van der Waals surface area contributed by atoms with E-state index >= 15 is 0 Å². The van der Waals surface area contributed by atoms with Gasteiger partial charge in [-0.3, -0.25) is 4.79 Å². The first-order valence-corrected chi connectivity index (χ1v) is 10.7. The number of piperidine rings is 1. The van der Waals surface area contributed by atoms with Gasteiger partial charge in [0.25, 0.3) is 10.0 Å². The summed E-state index contributed by atoms with van der Waals surface area (Å²) in [5.74, 6) is -0.222. The zero-order chi connectivity index (χ0) is 17.2. The Balaban J connectivity index is 1.60. The van der Waals surface area contributed by atoms with E-state index < -0.39 is 10.0 Å². The zero-order valence-corrected chi connectivity index (χ0v) is 16.0. The summed E-state index contributed by atoms with van der Waals surface area (Å²) in [6.45, 7) is 0.744. The standard InChI is InChI=1S/C16H17BrN2O3S2/c17-13-3-1-4-14(11-13)18-16(20)12-6-8-19(9-7-12)24(21,22)15-5-2-10-23-15/h1-5,10-12H,6-9H2,(H,18,20). The molecule has 1 N–H and O–H groups in total. The van der Waals surface area contributed by atoms with Crippen LogP contribution in [0.5, 0.6) is 0 Å². The van der Waals surface area contributed by atoms with Gasteiger partial charge in [0.1, 0.15) is 4.21 Å². The van der Waals surface area contributed by atoms with Crippen LogP contribution in [0.25, 0.3) is 0 Å². The Kier molecular flexibility index (Phi) is 5.39. The summed E-state index contributed by atoms with van der Waals surface area (Å²) >= 11 is 4.59. The number of thiophene rings is 1. The lowest BCUT2D eigenvalue weighted by molar-refractivity contribution is -0.120. The summed E-state index contributed by atoms with van der Waals surface area (Å²) < 4.78 is 27.7. The highest BCUT2D eigenvalue weighted by Gasteiger charge is 2.32. The fraction of sp³-hybridized carbons (Fsp3) is 0.312. The molecule has 0 radical (unpaired) electrons. The van der Waals surface area contributed by atoms with Crippen LogP contribution in [0, 0.1) is 5.92 Å². The topological polar surface area (TPSA) is 66.5 Å². The number of sulfonamides is 1. The number of nitrogens with zero attached hydrogens (tertiary/aromatic N) is 1. The van der Waals surface area contributed by atoms with E-state index in [1.165, 1.54) is 15.6 Å². The Morgan fingerprint density at radius 3 is 2.58 bits per heavy atom. The van der Waals surface area contributed by atoms with Gasteiger partial charge in [-0.1, -0.05) is 28.1 Å². The van der Waals surface area contributed by atoms with E-state index in [9.17, 15) is 13.2 Å². The summed E-state index contributed by atoms with van der Waals surface area (Å²) in [6, 6.07) is 10.8. The monoisotopic (exact) mass is 428 g/mol. The fourth-order valence-corrected chi connectivity index (χ4v) is 5.72. The van der Waals surface area contributed by atoms with Crippen molar-refractivity contribution in [1.82, 2.24) is 4.31 Å². The van der Waals surface area contributed by atoms with Crippen molar-refractivity contribution in [2.24, 2.45) is 5.92 Å². The number of anilines is 1. The Morgan fingerprint density at radius 1 is 1.21 bits per heavy atom. The molecule has 3 rings (SSSR count). The van der Waals surface area contributed by atoms with E-state index in [1.54, 1.807) is 17.5 Å². The number of rotatable bonds is 4. The molecule has 1 amide bonds. The van der Waals surface area contributed by atoms with Crippen LogP contribution in [0.1, 0.15) is 12.8 Å². The van der Waals surface area contributed by atoms with Gasteiger partial charge < -0.3 is 5.32 Å². The van der Waals surface area contributed by atoms with Crippen molar-refractivity contribution in [3.05, 3.63) is 46.3 Å². The quantitative estimate of drug-likeness (QED) is 0.809. The molecule has 1 aromatic carbocycles. The van der Waals surface area contributed by atoms with Gasteiger partial charge in [-0.15, -0.1) is 11.3 Å². The lowest BCUT2D eigenvalue weighted by Crippen LogP contribution is -2.41. The highest BCUT2D eigenvalue weighted by molar-refractivity contribution is 9.10. The van der Waals surface area contributed by atoms with Gasteiger partial charge in [-0.05, 0) is 42.5 Å². The molecule has 1 fully saturated rings. The minimum atomic E-state index is -3.42. The van der Waals surface area contributed by atoms with Gasteiger partial charge in [0.2, 0.25) is 5.91 Å². The van der Waals surface area contributed by atoms with Crippen LogP contribution in [-0.2, 0) is 14.8 Å². The molecule has 1 aromatic heterocycles. The molecular weight excluding hydrogens is 412 g/mol. The number of nitrogens with one attached hydrogen (secondary N) is 1. The highest BCUT2D eigenvalue weighted by Crippen LogP contribution is 2.27.